The molecule has 1 aromatic carbocycles. The van der Waals surface area contributed by atoms with E-state index < -0.39 is 39.8 Å². The van der Waals surface area contributed by atoms with Crippen LogP contribution in [0.25, 0.3) is 0 Å². The van der Waals surface area contributed by atoms with Crippen molar-refractivity contribution in [2.45, 2.75) is 36.4 Å². The second kappa shape index (κ2) is 9.35. The number of rotatable bonds is 6. The predicted octanol–water partition coefficient (Wildman–Crippen LogP) is 2.88. The van der Waals surface area contributed by atoms with Gasteiger partial charge in [0.15, 0.2) is 5.69 Å². The molecule has 1 aliphatic heterocycles. The van der Waals surface area contributed by atoms with E-state index in [-0.39, 0.29) is 22.8 Å². The summed E-state index contributed by atoms with van der Waals surface area (Å²) in [5.41, 5.74) is -1.35. The third-order valence-corrected chi connectivity index (χ3v) is 7.02. The minimum Gasteiger partial charge on any atom is -0.478 e. The molecule has 1 fully saturated rings. The molecular weight excluding hydrogens is 465 g/mol. The van der Waals surface area contributed by atoms with Gasteiger partial charge in [-0.3, -0.25) is 9.48 Å². The maximum atomic E-state index is 13.1. The van der Waals surface area contributed by atoms with Gasteiger partial charge in [-0.2, -0.15) is 22.6 Å². The maximum Gasteiger partial charge on any atom is 0.435 e. The summed E-state index contributed by atoms with van der Waals surface area (Å²) in [6.45, 7) is 0.234. The lowest BCUT2D eigenvalue weighted by Crippen LogP contribution is -2.42. The first-order chi connectivity index (χ1) is 15.4. The van der Waals surface area contributed by atoms with Crippen LogP contribution < -0.4 is 5.32 Å². The predicted molar refractivity (Wildman–Crippen MR) is 111 cm³/mol. The maximum absolute atomic E-state index is 13.1. The fourth-order valence-electron chi connectivity index (χ4n) is 3.47. The van der Waals surface area contributed by atoms with Gasteiger partial charge in [0.2, 0.25) is 10.0 Å². The Kier molecular flexibility index (Phi) is 6.93. The smallest absolute Gasteiger partial charge is 0.435 e. The number of benzene rings is 1. The molecule has 3 rings (SSSR count). The molecule has 0 aliphatic carbocycles. The summed E-state index contributed by atoms with van der Waals surface area (Å²) in [6.07, 6.45) is -0.554. The lowest BCUT2D eigenvalue weighted by atomic mass is 10.0. The third-order valence-electron chi connectivity index (χ3n) is 5.08. The van der Waals surface area contributed by atoms with Crippen LogP contribution in [0.5, 0.6) is 0 Å². The molecule has 2 aromatic rings. The second-order valence-electron chi connectivity index (χ2n) is 7.39. The van der Waals surface area contributed by atoms with Gasteiger partial charge in [0, 0.05) is 37.5 Å². The molecule has 0 bridgehead atoms. The van der Waals surface area contributed by atoms with Crippen molar-refractivity contribution in [1.82, 2.24) is 14.1 Å². The molecule has 1 amide bonds. The highest BCUT2D eigenvalue weighted by Crippen LogP contribution is 2.29. The number of halogens is 3. The van der Waals surface area contributed by atoms with Crippen molar-refractivity contribution in [3.8, 4) is 0 Å². The highest BCUT2D eigenvalue weighted by Gasteiger charge is 2.35. The summed E-state index contributed by atoms with van der Waals surface area (Å²) in [4.78, 5) is 23.1. The fourth-order valence-corrected chi connectivity index (χ4v) is 5.13. The zero-order chi connectivity index (χ0) is 24.4. The molecule has 1 unspecified atom stereocenters. The summed E-state index contributed by atoms with van der Waals surface area (Å²) < 4.78 is 66.6. The molecule has 13 heteroatoms. The zero-order valence-corrected chi connectivity index (χ0v) is 18.2. The van der Waals surface area contributed by atoms with Gasteiger partial charge < -0.3 is 10.4 Å². The summed E-state index contributed by atoms with van der Waals surface area (Å²) >= 11 is 0. The molecule has 0 spiro atoms. The van der Waals surface area contributed by atoms with Crippen molar-refractivity contribution in [1.29, 1.82) is 0 Å². The number of carboxylic acid groups (broad SMARTS) is 1. The van der Waals surface area contributed by atoms with E-state index in [4.69, 9.17) is 5.11 Å². The molecule has 1 aromatic heterocycles. The molecule has 1 aliphatic rings. The Bertz CT molecular complexity index is 1170. The van der Waals surface area contributed by atoms with Crippen LogP contribution in [0.15, 0.2) is 47.4 Å². The van der Waals surface area contributed by atoms with E-state index in [9.17, 15) is 31.2 Å². The summed E-state index contributed by atoms with van der Waals surface area (Å²) in [7, 11) is -2.74. The zero-order valence-electron chi connectivity index (χ0n) is 17.4. The first-order valence-electron chi connectivity index (χ1n) is 9.85. The van der Waals surface area contributed by atoms with Crippen molar-refractivity contribution >= 4 is 27.6 Å². The second-order valence-corrected chi connectivity index (χ2v) is 9.28. The number of piperidine rings is 1. The highest BCUT2D eigenvalue weighted by molar-refractivity contribution is 7.89. The van der Waals surface area contributed by atoms with Crippen LogP contribution in [-0.2, 0) is 28.0 Å². The Hall–Kier alpha value is -3.19. The van der Waals surface area contributed by atoms with E-state index in [0.29, 0.717) is 18.9 Å². The van der Waals surface area contributed by atoms with Crippen LogP contribution in [-0.4, -0.2) is 52.1 Å². The quantitative estimate of drug-likeness (QED) is 0.606. The number of hydrogen-bond acceptors (Lipinski definition) is 5. The molecule has 2 heterocycles. The number of hydrogen-bond donors (Lipinski definition) is 2. The lowest BCUT2D eigenvalue weighted by Gasteiger charge is -2.32. The highest BCUT2D eigenvalue weighted by atomic mass is 32.2. The number of carbonyl (C=O) groups is 2. The van der Waals surface area contributed by atoms with Gasteiger partial charge in [-0.1, -0.05) is 12.5 Å². The number of nitrogens with one attached hydrogen (secondary N) is 1. The Morgan fingerprint density at radius 3 is 2.45 bits per heavy atom. The molecule has 1 saturated heterocycles. The van der Waals surface area contributed by atoms with Gasteiger partial charge in [0.05, 0.1) is 4.90 Å². The van der Waals surface area contributed by atoms with Gasteiger partial charge in [-0.05, 0) is 37.1 Å². The topological polar surface area (TPSA) is 122 Å². The minimum atomic E-state index is -4.70. The molecule has 2 N–H and O–H groups in total. The summed E-state index contributed by atoms with van der Waals surface area (Å²) in [6, 6.07) is 5.20. The van der Waals surface area contributed by atoms with Crippen LogP contribution >= 0.6 is 0 Å². The van der Waals surface area contributed by atoms with Crippen LogP contribution in [0, 0.1) is 0 Å². The van der Waals surface area contributed by atoms with E-state index >= 15 is 0 Å². The van der Waals surface area contributed by atoms with Crippen molar-refractivity contribution < 1.29 is 36.3 Å². The number of carboxylic acids is 1. The molecule has 1 atom stereocenters. The SMILES string of the molecule is Cn1nc(C(F)(F)F)cc1C(=O)Nc1ccc(S(=O)(=O)N2CCCCC2C=CC(=O)O)cc1. The Morgan fingerprint density at radius 2 is 1.88 bits per heavy atom. The average Bonchev–Trinajstić information content (AvgIpc) is 3.15. The number of carbonyl (C=O) groups excluding carboxylic acids is 1. The first kappa shape index (κ1) is 24.5. The van der Waals surface area contributed by atoms with Crippen molar-refractivity contribution in [3.05, 3.63) is 53.9 Å². The monoisotopic (exact) mass is 486 g/mol. The Balaban J connectivity index is 1.77. The first-order valence-corrected chi connectivity index (χ1v) is 11.3. The minimum absolute atomic E-state index is 0.0592. The van der Waals surface area contributed by atoms with Gasteiger partial charge in [0.25, 0.3) is 5.91 Å². The van der Waals surface area contributed by atoms with Crippen molar-refractivity contribution in [3.63, 3.8) is 0 Å². The van der Waals surface area contributed by atoms with Crippen LogP contribution in [0.2, 0.25) is 0 Å². The van der Waals surface area contributed by atoms with E-state index in [2.05, 4.69) is 10.4 Å². The Morgan fingerprint density at radius 1 is 1.21 bits per heavy atom. The summed E-state index contributed by atoms with van der Waals surface area (Å²) in [5, 5.41) is 14.5. The third kappa shape index (κ3) is 5.60. The number of nitrogens with zero attached hydrogens (tertiary/aromatic N) is 3. The van der Waals surface area contributed by atoms with Gasteiger partial charge in [-0.25, -0.2) is 13.2 Å². The standard InChI is InChI=1S/C20H21F3N4O5S/c1-26-16(12-17(25-26)20(21,22)23)19(30)24-13-5-8-15(9-6-13)33(31,32)27-11-3-2-4-14(27)7-10-18(28)29/h5-10,12,14H,2-4,11H2,1H3,(H,24,30)(H,28,29). The molecule has 33 heavy (non-hydrogen) atoms. The van der Waals surface area contributed by atoms with Crippen LogP contribution in [0.1, 0.15) is 35.4 Å². The fraction of sp³-hybridized carbons (Fsp3) is 0.350. The van der Waals surface area contributed by atoms with Crippen LogP contribution in [0.4, 0.5) is 18.9 Å². The molecular formula is C20H21F3N4O5S. The number of sulfonamides is 1. The molecule has 178 valence electrons. The number of alkyl halides is 3. The molecule has 0 saturated carbocycles. The van der Waals surface area contributed by atoms with E-state index in [0.717, 1.165) is 17.2 Å². The normalized spacial score (nSPS) is 17.9. The number of anilines is 1. The van der Waals surface area contributed by atoms with E-state index in [1.165, 1.54) is 41.7 Å². The Labute approximate surface area is 187 Å². The van der Waals surface area contributed by atoms with Gasteiger partial charge in [0.1, 0.15) is 5.69 Å². The van der Waals surface area contributed by atoms with Crippen molar-refractivity contribution in [2.75, 3.05) is 11.9 Å². The largest absolute Gasteiger partial charge is 0.478 e. The summed E-state index contributed by atoms with van der Waals surface area (Å²) in [5.74, 6) is -2.01. The average molecular weight is 486 g/mol. The number of amides is 1. The number of aromatic nitrogens is 2. The van der Waals surface area contributed by atoms with Gasteiger partial charge in [-0.15, -0.1) is 0 Å². The number of aryl methyl sites for hydroxylation is 1. The van der Waals surface area contributed by atoms with Gasteiger partial charge >= 0.3 is 12.1 Å². The lowest BCUT2D eigenvalue weighted by molar-refractivity contribution is -0.141. The molecule has 0 radical (unpaired) electrons. The van der Waals surface area contributed by atoms with Crippen LogP contribution in [0.3, 0.4) is 0 Å². The number of aliphatic carboxylic acids is 1. The van der Waals surface area contributed by atoms with E-state index in [1.54, 1.807) is 0 Å². The van der Waals surface area contributed by atoms with E-state index in [1.807, 2.05) is 0 Å². The van der Waals surface area contributed by atoms with Crippen molar-refractivity contribution in [2.24, 2.45) is 7.05 Å². The molecule has 9 nitrogen and oxygen atoms in total.